The minimum Gasteiger partial charge on any atom is -0.368 e. The van der Waals surface area contributed by atoms with Crippen molar-refractivity contribution >= 4 is 23.4 Å². The van der Waals surface area contributed by atoms with E-state index < -0.39 is 11.9 Å². The standard InChI is InChI=1S/C19H17ClN2O2/c20-16-8-4-3-6-13(16)12-5-1-2-7-14(12)19(24)22-10-11-9-15(11)17(22)18(21)23/h1-8,11,15,17H,9-10H2,(H2,21,23)/t11-,15-,17+/m1/s1. The highest BCUT2D eigenvalue weighted by molar-refractivity contribution is 6.33. The van der Waals surface area contributed by atoms with Crippen LogP contribution in [0.4, 0.5) is 0 Å². The Bertz CT molecular complexity index is 836. The lowest BCUT2D eigenvalue weighted by molar-refractivity contribution is -0.122. The number of halogens is 1. The minimum atomic E-state index is -0.484. The van der Waals surface area contributed by atoms with Gasteiger partial charge in [0.25, 0.3) is 5.91 Å². The molecule has 4 nitrogen and oxygen atoms in total. The summed E-state index contributed by atoms with van der Waals surface area (Å²) in [7, 11) is 0. The molecule has 0 aromatic heterocycles. The van der Waals surface area contributed by atoms with E-state index in [9.17, 15) is 9.59 Å². The number of likely N-dealkylation sites (tertiary alicyclic amines) is 1. The second-order valence-corrected chi connectivity index (χ2v) is 6.90. The third-order valence-corrected chi connectivity index (χ3v) is 5.35. The summed E-state index contributed by atoms with van der Waals surface area (Å²) in [6.07, 6.45) is 0.990. The number of benzene rings is 2. The van der Waals surface area contributed by atoms with Gasteiger partial charge >= 0.3 is 0 Å². The summed E-state index contributed by atoms with van der Waals surface area (Å²) in [4.78, 5) is 26.5. The number of nitrogens with zero attached hydrogens (tertiary/aromatic N) is 1. The molecule has 5 heteroatoms. The van der Waals surface area contributed by atoms with Crippen LogP contribution < -0.4 is 5.73 Å². The van der Waals surface area contributed by atoms with Gasteiger partial charge in [-0.1, -0.05) is 48.0 Å². The normalized spacial score (nSPS) is 24.5. The zero-order valence-corrected chi connectivity index (χ0v) is 13.7. The van der Waals surface area contributed by atoms with Crippen molar-refractivity contribution in [2.24, 2.45) is 17.6 Å². The monoisotopic (exact) mass is 340 g/mol. The second kappa shape index (κ2) is 5.64. The number of nitrogens with two attached hydrogens (primary N) is 1. The van der Waals surface area contributed by atoms with Crippen LogP contribution in [-0.2, 0) is 4.79 Å². The van der Waals surface area contributed by atoms with Crippen molar-refractivity contribution in [3.8, 4) is 11.1 Å². The van der Waals surface area contributed by atoms with Crippen LogP contribution in [0.2, 0.25) is 5.02 Å². The third kappa shape index (κ3) is 2.38. The topological polar surface area (TPSA) is 63.4 Å². The molecule has 0 spiro atoms. The quantitative estimate of drug-likeness (QED) is 0.933. The summed E-state index contributed by atoms with van der Waals surface area (Å²) >= 11 is 6.31. The Kier molecular flexibility index (Phi) is 3.57. The number of primary amides is 1. The molecule has 2 fully saturated rings. The minimum absolute atomic E-state index is 0.151. The molecule has 4 rings (SSSR count). The van der Waals surface area contributed by atoms with E-state index in [1.54, 1.807) is 17.0 Å². The van der Waals surface area contributed by atoms with E-state index in [2.05, 4.69) is 0 Å². The average molecular weight is 341 g/mol. The van der Waals surface area contributed by atoms with Gasteiger partial charge in [0.2, 0.25) is 5.91 Å². The van der Waals surface area contributed by atoms with Crippen LogP contribution in [0.5, 0.6) is 0 Å². The Balaban J connectivity index is 1.74. The molecule has 2 aromatic rings. The van der Waals surface area contributed by atoms with Crippen molar-refractivity contribution in [3.05, 3.63) is 59.1 Å². The van der Waals surface area contributed by atoms with Crippen LogP contribution >= 0.6 is 11.6 Å². The Morgan fingerprint density at radius 2 is 1.71 bits per heavy atom. The molecule has 2 N–H and O–H groups in total. The van der Waals surface area contributed by atoms with Crippen LogP contribution in [0.3, 0.4) is 0 Å². The van der Waals surface area contributed by atoms with Gasteiger partial charge in [-0.05, 0) is 36.0 Å². The van der Waals surface area contributed by atoms with Crippen molar-refractivity contribution in [3.63, 3.8) is 0 Å². The first-order chi connectivity index (χ1) is 11.6. The molecular weight excluding hydrogens is 324 g/mol. The van der Waals surface area contributed by atoms with Crippen LogP contribution in [0.1, 0.15) is 16.8 Å². The summed E-state index contributed by atoms with van der Waals surface area (Å²) in [5, 5.41) is 0.591. The fraction of sp³-hybridized carbons (Fsp3) is 0.263. The highest BCUT2D eigenvalue weighted by Crippen LogP contribution is 2.50. The summed E-state index contributed by atoms with van der Waals surface area (Å²) in [5.41, 5.74) is 7.68. The maximum atomic E-state index is 13.1. The Hall–Kier alpha value is -2.33. The smallest absolute Gasteiger partial charge is 0.255 e. The lowest BCUT2D eigenvalue weighted by Gasteiger charge is -2.26. The first-order valence-corrected chi connectivity index (χ1v) is 8.40. The summed E-state index contributed by atoms with van der Waals surface area (Å²) in [6, 6.07) is 14.3. The molecule has 1 heterocycles. The highest BCUT2D eigenvalue weighted by atomic mass is 35.5. The number of rotatable bonds is 3. The summed E-state index contributed by atoms with van der Waals surface area (Å²) in [5.74, 6) is 0.0861. The Morgan fingerprint density at radius 1 is 1.04 bits per heavy atom. The molecule has 2 aromatic carbocycles. The maximum absolute atomic E-state index is 13.1. The highest BCUT2D eigenvalue weighted by Gasteiger charge is 2.56. The summed E-state index contributed by atoms with van der Waals surface area (Å²) < 4.78 is 0. The van der Waals surface area contributed by atoms with Crippen LogP contribution in [0.15, 0.2) is 48.5 Å². The maximum Gasteiger partial charge on any atom is 0.255 e. The fourth-order valence-corrected chi connectivity index (χ4v) is 4.02. The van der Waals surface area contributed by atoms with E-state index >= 15 is 0 Å². The first-order valence-electron chi connectivity index (χ1n) is 8.02. The van der Waals surface area contributed by atoms with Crippen LogP contribution in [-0.4, -0.2) is 29.3 Å². The number of carbonyl (C=O) groups is 2. The largest absolute Gasteiger partial charge is 0.368 e. The second-order valence-electron chi connectivity index (χ2n) is 6.49. The molecule has 1 saturated carbocycles. The molecule has 1 aliphatic heterocycles. The van der Waals surface area contributed by atoms with Crippen LogP contribution in [0.25, 0.3) is 11.1 Å². The van der Waals surface area contributed by atoms with Gasteiger partial charge in [-0.15, -0.1) is 0 Å². The van der Waals surface area contributed by atoms with E-state index in [1.807, 2.05) is 36.4 Å². The van der Waals surface area contributed by atoms with E-state index in [-0.39, 0.29) is 11.8 Å². The van der Waals surface area contributed by atoms with Gasteiger partial charge in [0.15, 0.2) is 0 Å². The predicted molar refractivity (Wildman–Crippen MR) is 92.5 cm³/mol. The number of hydrogen-bond acceptors (Lipinski definition) is 2. The van der Waals surface area contributed by atoms with E-state index in [1.165, 1.54) is 0 Å². The molecule has 2 amide bonds. The molecule has 1 saturated heterocycles. The van der Waals surface area contributed by atoms with Crippen molar-refractivity contribution in [1.29, 1.82) is 0 Å². The Morgan fingerprint density at radius 3 is 2.42 bits per heavy atom. The average Bonchev–Trinajstić information content (AvgIpc) is 3.24. The van der Waals surface area contributed by atoms with Crippen molar-refractivity contribution < 1.29 is 9.59 Å². The molecule has 24 heavy (non-hydrogen) atoms. The van der Waals surface area contributed by atoms with Gasteiger partial charge in [0.05, 0.1) is 0 Å². The molecular formula is C19H17ClN2O2. The SMILES string of the molecule is NC(=O)[C@@H]1[C@@H]2C[C@@H]2CN1C(=O)c1ccccc1-c1ccccc1Cl. The van der Waals surface area contributed by atoms with Gasteiger partial charge in [0.1, 0.15) is 6.04 Å². The number of carbonyl (C=O) groups excluding carboxylic acids is 2. The van der Waals surface area contributed by atoms with E-state index in [4.69, 9.17) is 17.3 Å². The van der Waals surface area contributed by atoms with E-state index in [0.717, 1.165) is 17.5 Å². The van der Waals surface area contributed by atoms with Gasteiger partial charge in [0, 0.05) is 22.7 Å². The first kappa shape index (κ1) is 15.2. The van der Waals surface area contributed by atoms with Crippen LogP contribution in [0, 0.1) is 11.8 Å². The zero-order chi connectivity index (χ0) is 16.8. The number of hydrogen-bond donors (Lipinski definition) is 1. The van der Waals surface area contributed by atoms with Crippen molar-refractivity contribution in [2.45, 2.75) is 12.5 Å². The molecule has 0 bridgehead atoms. The molecule has 122 valence electrons. The van der Waals surface area contributed by atoms with Crippen molar-refractivity contribution in [2.75, 3.05) is 6.54 Å². The van der Waals surface area contributed by atoms with Crippen molar-refractivity contribution in [1.82, 2.24) is 4.90 Å². The Labute approximate surface area is 145 Å². The molecule has 1 aliphatic carbocycles. The van der Waals surface area contributed by atoms with Gasteiger partial charge in [-0.2, -0.15) is 0 Å². The molecule has 0 radical (unpaired) electrons. The number of fused-ring (bicyclic) bond motifs is 1. The number of amides is 2. The predicted octanol–water partition coefficient (Wildman–Crippen LogP) is 2.95. The van der Waals surface area contributed by atoms with Gasteiger partial charge in [-0.3, -0.25) is 9.59 Å². The van der Waals surface area contributed by atoms with E-state index in [0.29, 0.717) is 23.0 Å². The molecule has 3 atom stereocenters. The molecule has 2 aliphatic rings. The molecule has 0 unspecified atom stereocenters. The van der Waals surface area contributed by atoms with Gasteiger partial charge in [-0.25, -0.2) is 0 Å². The zero-order valence-electron chi connectivity index (χ0n) is 13.0. The summed E-state index contributed by atoms with van der Waals surface area (Å²) in [6.45, 7) is 0.605. The fourth-order valence-electron chi connectivity index (χ4n) is 3.78. The third-order valence-electron chi connectivity index (χ3n) is 5.02. The van der Waals surface area contributed by atoms with Gasteiger partial charge < -0.3 is 10.6 Å². The number of piperidine rings is 1. The lowest BCUT2D eigenvalue weighted by atomic mass is 9.98. The lowest BCUT2D eigenvalue weighted by Crippen LogP contribution is -2.46.